The molecule has 3 rings (SSSR count). The number of fused-ring (bicyclic) bond motifs is 1. The lowest BCUT2D eigenvalue weighted by Gasteiger charge is -2.10. The minimum atomic E-state index is -3.81. The van der Waals surface area contributed by atoms with Crippen molar-refractivity contribution in [2.24, 2.45) is 0 Å². The molecule has 2 heterocycles. The van der Waals surface area contributed by atoms with Gasteiger partial charge in [0.1, 0.15) is 5.15 Å². The van der Waals surface area contributed by atoms with Crippen molar-refractivity contribution in [2.75, 3.05) is 0 Å². The maximum atomic E-state index is 13.0. The standard InChI is InChI=1S/C15H12BrClN2O2S/c1-9-5-3-4-6-13(9)22(20,21)19-14(17)10(2)12-7-11(16)8-18-15(12)19/h3-8H,1-2H3. The first kappa shape index (κ1) is 15.5. The van der Waals surface area contributed by atoms with Crippen LogP contribution in [0.3, 0.4) is 0 Å². The van der Waals surface area contributed by atoms with Crippen molar-refractivity contribution >= 4 is 48.6 Å². The van der Waals surface area contributed by atoms with Crippen LogP contribution in [0.25, 0.3) is 11.0 Å². The third-order valence-corrected chi connectivity index (χ3v) is 6.37. The van der Waals surface area contributed by atoms with Crippen LogP contribution in [-0.4, -0.2) is 17.4 Å². The van der Waals surface area contributed by atoms with E-state index in [1.54, 1.807) is 44.3 Å². The molecule has 0 N–H and O–H groups in total. The average molecular weight is 400 g/mol. The van der Waals surface area contributed by atoms with Crippen molar-refractivity contribution in [2.45, 2.75) is 18.7 Å². The molecule has 0 aliphatic rings. The molecule has 0 saturated carbocycles. The zero-order chi connectivity index (χ0) is 16.1. The van der Waals surface area contributed by atoms with Crippen molar-refractivity contribution in [3.8, 4) is 0 Å². The first-order valence-electron chi connectivity index (χ1n) is 6.47. The molecule has 7 heteroatoms. The van der Waals surface area contributed by atoms with E-state index in [2.05, 4.69) is 20.9 Å². The molecule has 0 radical (unpaired) electrons. The van der Waals surface area contributed by atoms with Crippen LogP contribution < -0.4 is 0 Å². The zero-order valence-electron chi connectivity index (χ0n) is 11.8. The predicted octanol–water partition coefficient (Wildman–Crippen LogP) is 4.31. The Hall–Kier alpha value is -1.37. The van der Waals surface area contributed by atoms with Gasteiger partial charge >= 0.3 is 0 Å². The highest BCUT2D eigenvalue weighted by atomic mass is 79.9. The highest BCUT2D eigenvalue weighted by Crippen LogP contribution is 2.33. The number of hydrogen-bond acceptors (Lipinski definition) is 3. The molecule has 0 fully saturated rings. The number of aromatic nitrogens is 2. The maximum Gasteiger partial charge on any atom is 0.270 e. The fourth-order valence-electron chi connectivity index (χ4n) is 2.39. The Morgan fingerprint density at radius 2 is 1.91 bits per heavy atom. The summed E-state index contributed by atoms with van der Waals surface area (Å²) >= 11 is 9.65. The van der Waals surface area contributed by atoms with Crippen molar-refractivity contribution in [3.63, 3.8) is 0 Å². The Morgan fingerprint density at radius 3 is 2.59 bits per heavy atom. The largest absolute Gasteiger partial charge is 0.270 e. The van der Waals surface area contributed by atoms with E-state index in [9.17, 15) is 8.42 Å². The van der Waals surface area contributed by atoms with Crippen molar-refractivity contribution in [1.29, 1.82) is 0 Å². The average Bonchev–Trinajstić information content (AvgIpc) is 2.72. The smallest absolute Gasteiger partial charge is 0.236 e. The Labute approximate surface area is 141 Å². The molecule has 2 aromatic heterocycles. The third kappa shape index (κ3) is 2.26. The van der Waals surface area contributed by atoms with E-state index in [1.165, 1.54) is 0 Å². The lowest BCUT2D eigenvalue weighted by molar-refractivity contribution is 0.588. The summed E-state index contributed by atoms with van der Waals surface area (Å²) in [4.78, 5) is 4.46. The second kappa shape index (κ2) is 5.37. The topological polar surface area (TPSA) is 52.0 Å². The Kier molecular flexibility index (Phi) is 3.79. The molecular weight excluding hydrogens is 388 g/mol. The Bertz CT molecular complexity index is 996. The van der Waals surface area contributed by atoms with Crippen LogP contribution in [0, 0.1) is 13.8 Å². The van der Waals surface area contributed by atoms with E-state index in [0.29, 0.717) is 22.2 Å². The fourth-order valence-corrected chi connectivity index (χ4v) is 4.82. The SMILES string of the molecule is Cc1ccccc1S(=O)(=O)n1c(Cl)c(C)c2cc(Br)cnc21. The molecular formula is C15H12BrClN2O2S. The molecule has 0 bridgehead atoms. The highest BCUT2D eigenvalue weighted by molar-refractivity contribution is 9.10. The summed E-state index contributed by atoms with van der Waals surface area (Å²) in [6.45, 7) is 3.53. The van der Waals surface area contributed by atoms with Crippen molar-refractivity contribution in [3.05, 3.63) is 57.3 Å². The maximum absolute atomic E-state index is 13.0. The Morgan fingerprint density at radius 1 is 1.23 bits per heavy atom. The zero-order valence-corrected chi connectivity index (χ0v) is 15.0. The number of hydrogen-bond donors (Lipinski definition) is 0. The van der Waals surface area contributed by atoms with Crippen LogP contribution in [0.1, 0.15) is 11.1 Å². The number of halogens is 2. The van der Waals surface area contributed by atoms with Crippen LogP contribution in [0.5, 0.6) is 0 Å². The monoisotopic (exact) mass is 398 g/mol. The summed E-state index contributed by atoms with van der Waals surface area (Å²) in [6.07, 6.45) is 1.56. The molecule has 0 amide bonds. The van der Waals surface area contributed by atoms with E-state index in [-0.39, 0.29) is 10.0 Å². The lowest BCUT2D eigenvalue weighted by atomic mass is 10.2. The number of aryl methyl sites for hydroxylation is 2. The van der Waals surface area contributed by atoms with Gasteiger partial charge in [0.15, 0.2) is 5.65 Å². The number of nitrogens with zero attached hydrogens (tertiary/aromatic N) is 2. The van der Waals surface area contributed by atoms with Gasteiger partial charge in [0.2, 0.25) is 0 Å². The number of pyridine rings is 1. The van der Waals surface area contributed by atoms with Crippen molar-refractivity contribution in [1.82, 2.24) is 8.96 Å². The van der Waals surface area contributed by atoms with E-state index in [1.807, 2.05) is 6.07 Å². The van der Waals surface area contributed by atoms with Crippen LogP contribution in [0.2, 0.25) is 5.15 Å². The highest BCUT2D eigenvalue weighted by Gasteiger charge is 2.26. The third-order valence-electron chi connectivity index (χ3n) is 3.53. The second-order valence-corrected chi connectivity index (χ2v) is 8.00. The van der Waals surface area contributed by atoms with E-state index in [0.717, 1.165) is 8.45 Å². The van der Waals surface area contributed by atoms with Gasteiger partial charge in [-0.25, -0.2) is 17.4 Å². The molecule has 0 unspecified atom stereocenters. The fraction of sp³-hybridized carbons (Fsp3) is 0.133. The summed E-state index contributed by atoms with van der Waals surface area (Å²) in [7, 11) is -3.81. The molecule has 4 nitrogen and oxygen atoms in total. The predicted molar refractivity (Wildman–Crippen MR) is 90.9 cm³/mol. The van der Waals surface area contributed by atoms with Gasteiger partial charge in [-0.1, -0.05) is 29.8 Å². The summed E-state index contributed by atoms with van der Waals surface area (Å²) in [5.74, 6) is 0. The molecule has 0 aliphatic heterocycles. The van der Waals surface area contributed by atoms with Gasteiger partial charge < -0.3 is 0 Å². The molecule has 1 aromatic carbocycles. The summed E-state index contributed by atoms with van der Waals surface area (Å²) in [5.41, 5.74) is 1.67. The molecule has 3 aromatic rings. The van der Waals surface area contributed by atoms with Gasteiger partial charge in [-0.3, -0.25) is 0 Å². The lowest BCUT2D eigenvalue weighted by Crippen LogP contribution is -2.14. The van der Waals surface area contributed by atoms with Gasteiger partial charge in [0.25, 0.3) is 10.0 Å². The normalized spacial score (nSPS) is 12.0. The van der Waals surface area contributed by atoms with Gasteiger partial charge in [-0.15, -0.1) is 0 Å². The van der Waals surface area contributed by atoms with Crippen LogP contribution in [-0.2, 0) is 10.0 Å². The summed E-state index contributed by atoms with van der Waals surface area (Å²) < 4.78 is 27.9. The molecule has 0 aliphatic carbocycles. The first-order valence-corrected chi connectivity index (χ1v) is 9.08. The van der Waals surface area contributed by atoms with Crippen LogP contribution >= 0.6 is 27.5 Å². The minimum absolute atomic E-state index is 0.156. The molecule has 22 heavy (non-hydrogen) atoms. The molecule has 0 atom stereocenters. The summed E-state index contributed by atoms with van der Waals surface area (Å²) in [5, 5.41) is 0.861. The van der Waals surface area contributed by atoms with Crippen LogP contribution in [0.15, 0.2) is 45.9 Å². The molecule has 0 saturated heterocycles. The van der Waals surface area contributed by atoms with E-state index < -0.39 is 10.0 Å². The Balaban J connectivity index is 2.40. The first-order chi connectivity index (χ1) is 10.3. The van der Waals surface area contributed by atoms with Crippen LogP contribution in [0.4, 0.5) is 0 Å². The summed E-state index contributed by atoms with van der Waals surface area (Å²) in [6, 6.07) is 8.62. The van der Waals surface area contributed by atoms with Gasteiger partial charge in [-0.2, -0.15) is 0 Å². The van der Waals surface area contributed by atoms with Gasteiger partial charge in [-0.05, 0) is 53.0 Å². The number of rotatable bonds is 2. The van der Waals surface area contributed by atoms with E-state index >= 15 is 0 Å². The minimum Gasteiger partial charge on any atom is -0.236 e. The number of benzene rings is 1. The second-order valence-electron chi connectivity index (χ2n) is 4.98. The van der Waals surface area contributed by atoms with Crippen molar-refractivity contribution < 1.29 is 8.42 Å². The molecule has 114 valence electrons. The molecule has 0 spiro atoms. The van der Waals surface area contributed by atoms with Gasteiger partial charge in [0, 0.05) is 16.1 Å². The quantitative estimate of drug-likeness (QED) is 0.645. The van der Waals surface area contributed by atoms with Gasteiger partial charge in [0.05, 0.1) is 4.90 Å². The van der Waals surface area contributed by atoms with E-state index in [4.69, 9.17) is 11.6 Å².